The number of amides is 1. The number of carbonyl (C=O) groups excluding carboxylic acids is 1. The first-order valence-corrected chi connectivity index (χ1v) is 13.1. The average molecular weight is 493 g/mol. The summed E-state index contributed by atoms with van der Waals surface area (Å²) >= 11 is 0. The molecule has 0 saturated heterocycles. The Kier molecular flexibility index (Phi) is 6.64. The van der Waals surface area contributed by atoms with Gasteiger partial charge in [0, 0.05) is 12.0 Å². The summed E-state index contributed by atoms with van der Waals surface area (Å²) in [5, 5.41) is 3.08. The van der Waals surface area contributed by atoms with Crippen molar-refractivity contribution >= 4 is 21.6 Å². The standard InChI is InChI=1S/C28H32N2O4S/c1-19-9-12-23(13-10-19)35(32,33)30(22-8-6-7-20(2)15-22)18-27(31)29-25-17-28(4,5)34-26-14-11-21(3)16-24(25)26/h6-16,25H,17-18H2,1-5H3,(H,29,31). The van der Waals surface area contributed by atoms with E-state index in [9.17, 15) is 13.2 Å². The number of anilines is 1. The molecule has 1 atom stereocenters. The molecule has 3 aromatic rings. The molecule has 1 heterocycles. The molecule has 0 aromatic heterocycles. The molecule has 1 unspecified atom stereocenters. The van der Waals surface area contributed by atoms with Gasteiger partial charge in [-0.15, -0.1) is 0 Å². The fourth-order valence-corrected chi connectivity index (χ4v) is 5.82. The lowest BCUT2D eigenvalue weighted by Crippen LogP contribution is -2.45. The van der Waals surface area contributed by atoms with Gasteiger partial charge < -0.3 is 10.1 Å². The molecule has 1 N–H and O–H groups in total. The molecule has 0 bridgehead atoms. The second-order valence-electron chi connectivity index (χ2n) is 9.89. The molecule has 1 amide bonds. The number of ether oxygens (including phenoxy) is 1. The van der Waals surface area contributed by atoms with Crippen LogP contribution in [0.4, 0.5) is 5.69 Å². The molecular weight excluding hydrogens is 460 g/mol. The molecule has 6 nitrogen and oxygen atoms in total. The summed E-state index contributed by atoms with van der Waals surface area (Å²) in [5.41, 5.74) is 3.81. The fourth-order valence-electron chi connectivity index (χ4n) is 4.41. The monoisotopic (exact) mass is 492 g/mol. The lowest BCUT2D eigenvalue weighted by Gasteiger charge is -2.38. The Morgan fingerprint density at radius 2 is 1.63 bits per heavy atom. The average Bonchev–Trinajstić information content (AvgIpc) is 2.77. The topological polar surface area (TPSA) is 75.7 Å². The molecule has 7 heteroatoms. The van der Waals surface area contributed by atoms with Crippen molar-refractivity contribution in [2.75, 3.05) is 10.8 Å². The summed E-state index contributed by atoms with van der Waals surface area (Å²) in [6.45, 7) is 9.41. The van der Waals surface area contributed by atoms with Crippen molar-refractivity contribution in [3.8, 4) is 5.75 Å². The number of sulfonamides is 1. The molecule has 184 valence electrons. The number of aryl methyl sites for hydroxylation is 3. The minimum atomic E-state index is -3.97. The van der Waals surface area contributed by atoms with E-state index < -0.39 is 15.6 Å². The number of hydrogen-bond acceptors (Lipinski definition) is 4. The third-order valence-corrected chi connectivity index (χ3v) is 7.93. The van der Waals surface area contributed by atoms with Crippen LogP contribution in [0.25, 0.3) is 0 Å². The van der Waals surface area contributed by atoms with Gasteiger partial charge in [0.15, 0.2) is 0 Å². The maximum Gasteiger partial charge on any atom is 0.264 e. The van der Waals surface area contributed by atoms with Crippen LogP contribution in [0.5, 0.6) is 5.75 Å². The highest BCUT2D eigenvalue weighted by Crippen LogP contribution is 2.40. The minimum absolute atomic E-state index is 0.144. The van der Waals surface area contributed by atoms with Crippen LogP contribution < -0.4 is 14.4 Å². The van der Waals surface area contributed by atoms with Gasteiger partial charge >= 0.3 is 0 Å². The van der Waals surface area contributed by atoms with Crippen LogP contribution in [0, 0.1) is 20.8 Å². The van der Waals surface area contributed by atoms with Gasteiger partial charge in [0.25, 0.3) is 10.0 Å². The molecule has 4 rings (SSSR count). The fraction of sp³-hybridized carbons (Fsp3) is 0.321. The molecule has 0 radical (unpaired) electrons. The van der Waals surface area contributed by atoms with E-state index in [1.807, 2.05) is 58.9 Å². The summed E-state index contributed by atoms with van der Waals surface area (Å²) in [6, 6.07) is 19.4. The molecule has 1 aliphatic heterocycles. The van der Waals surface area contributed by atoms with E-state index in [0.717, 1.165) is 28.0 Å². The number of rotatable bonds is 6. The second kappa shape index (κ2) is 9.38. The zero-order valence-electron chi connectivity index (χ0n) is 20.8. The summed E-state index contributed by atoms with van der Waals surface area (Å²) in [7, 11) is -3.97. The number of benzene rings is 3. The molecular formula is C28H32N2O4S. The highest BCUT2D eigenvalue weighted by molar-refractivity contribution is 7.92. The van der Waals surface area contributed by atoms with Crippen LogP contribution in [0.2, 0.25) is 0 Å². The van der Waals surface area contributed by atoms with Gasteiger partial charge in [-0.1, -0.05) is 47.5 Å². The Labute approximate surface area is 208 Å². The Morgan fingerprint density at radius 1 is 0.971 bits per heavy atom. The number of nitrogens with zero attached hydrogens (tertiary/aromatic N) is 1. The number of hydrogen-bond donors (Lipinski definition) is 1. The van der Waals surface area contributed by atoms with Crippen molar-refractivity contribution in [1.82, 2.24) is 5.32 Å². The first-order chi connectivity index (χ1) is 16.4. The molecule has 0 saturated carbocycles. The third kappa shape index (κ3) is 5.51. The maximum atomic E-state index is 13.7. The number of nitrogens with one attached hydrogen (secondary N) is 1. The minimum Gasteiger partial charge on any atom is -0.487 e. The van der Waals surface area contributed by atoms with E-state index in [-0.39, 0.29) is 23.4 Å². The molecule has 1 aliphatic rings. The first-order valence-electron chi connectivity index (χ1n) is 11.7. The second-order valence-corrected chi connectivity index (χ2v) is 11.8. The summed E-state index contributed by atoms with van der Waals surface area (Å²) in [6.07, 6.45) is 0.574. The highest BCUT2D eigenvalue weighted by atomic mass is 32.2. The van der Waals surface area contributed by atoms with Gasteiger partial charge in [-0.25, -0.2) is 8.42 Å². The van der Waals surface area contributed by atoms with Crippen LogP contribution in [-0.2, 0) is 14.8 Å². The molecule has 0 fully saturated rings. The van der Waals surface area contributed by atoms with Crippen LogP contribution >= 0.6 is 0 Å². The highest BCUT2D eigenvalue weighted by Gasteiger charge is 2.35. The van der Waals surface area contributed by atoms with Gasteiger partial charge in [0.2, 0.25) is 5.91 Å². The normalized spacial score (nSPS) is 16.7. The summed E-state index contributed by atoms with van der Waals surface area (Å²) in [5.74, 6) is 0.359. The molecule has 3 aromatic carbocycles. The van der Waals surface area contributed by atoms with Gasteiger partial charge in [-0.05, 0) is 70.5 Å². The van der Waals surface area contributed by atoms with Crippen molar-refractivity contribution in [1.29, 1.82) is 0 Å². The SMILES string of the molecule is Cc1ccc(S(=O)(=O)N(CC(=O)NC2CC(C)(C)Oc3ccc(C)cc32)c2cccc(C)c2)cc1. The van der Waals surface area contributed by atoms with Crippen LogP contribution in [0.15, 0.2) is 71.6 Å². The van der Waals surface area contributed by atoms with E-state index in [4.69, 9.17) is 4.74 Å². The summed E-state index contributed by atoms with van der Waals surface area (Å²) in [4.78, 5) is 13.5. The first kappa shape index (κ1) is 24.8. The van der Waals surface area contributed by atoms with Crippen molar-refractivity contribution < 1.29 is 17.9 Å². The molecule has 0 spiro atoms. The van der Waals surface area contributed by atoms with E-state index in [0.29, 0.717) is 12.1 Å². The lowest BCUT2D eigenvalue weighted by molar-refractivity contribution is -0.120. The number of fused-ring (bicyclic) bond motifs is 1. The third-order valence-electron chi connectivity index (χ3n) is 6.14. The van der Waals surface area contributed by atoms with Crippen molar-refractivity contribution in [3.63, 3.8) is 0 Å². The Bertz CT molecular complexity index is 1350. The van der Waals surface area contributed by atoms with Crippen molar-refractivity contribution in [2.45, 2.75) is 57.6 Å². The number of carbonyl (C=O) groups is 1. The lowest BCUT2D eigenvalue weighted by atomic mass is 9.89. The van der Waals surface area contributed by atoms with E-state index >= 15 is 0 Å². The molecule has 35 heavy (non-hydrogen) atoms. The van der Waals surface area contributed by atoms with E-state index in [1.165, 1.54) is 4.31 Å². The maximum absolute atomic E-state index is 13.7. The Hall–Kier alpha value is -3.32. The zero-order chi connectivity index (χ0) is 25.4. The predicted molar refractivity (Wildman–Crippen MR) is 138 cm³/mol. The van der Waals surface area contributed by atoms with Crippen LogP contribution in [-0.4, -0.2) is 26.5 Å². The van der Waals surface area contributed by atoms with Crippen molar-refractivity contribution in [3.05, 3.63) is 89.0 Å². The zero-order valence-corrected chi connectivity index (χ0v) is 21.6. The van der Waals surface area contributed by atoms with Gasteiger partial charge in [0.1, 0.15) is 17.9 Å². The van der Waals surface area contributed by atoms with Crippen LogP contribution in [0.1, 0.15) is 48.6 Å². The van der Waals surface area contributed by atoms with Crippen molar-refractivity contribution in [2.24, 2.45) is 0 Å². The Balaban J connectivity index is 1.66. The smallest absolute Gasteiger partial charge is 0.264 e. The van der Waals surface area contributed by atoms with Gasteiger partial charge in [-0.3, -0.25) is 9.10 Å². The van der Waals surface area contributed by atoms with Gasteiger partial charge in [-0.2, -0.15) is 0 Å². The van der Waals surface area contributed by atoms with E-state index in [2.05, 4.69) is 5.32 Å². The van der Waals surface area contributed by atoms with Crippen LogP contribution in [0.3, 0.4) is 0 Å². The predicted octanol–water partition coefficient (Wildman–Crippen LogP) is 5.23. The molecule has 0 aliphatic carbocycles. The Morgan fingerprint density at radius 3 is 2.31 bits per heavy atom. The quantitative estimate of drug-likeness (QED) is 0.512. The summed E-state index contributed by atoms with van der Waals surface area (Å²) < 4.78 is 34.6. The largest absolute Gasteiger partial charge is 0.487 e. The van der Waals surface area contributed by atoms with E-state index in [1.54, 1.807) is 42.5 Å². The van der Waals surface area contributed by atoms with Gasteiger partial charge in [0.05, 0.1) is 16.6 Å².